The number of piperidine rings is 1. The molecular formula is C21H28N4O6. The summed E-state index contributed by atoms with van der Waals surface area (Å²) in [5.41, 5.74) is 1.04. The van der Waals surface area contributed by atoms with Crippen LogP contribution in [-0.4, -0.2) is 79.7 Å². The van der Waals surface area contributed by atoms with Gasteiger partial charge >= 0.3 is 12.1 Å². The van der Waals surface area contributed by atoms with Crippen molar-refractivity contribution < 1.29 is 28.7 Å². The van der Waals surface area contributed by atoms with E-state index in [1.165, 1.54) is 11.0 Å². The number of methoxy groups -OCH3 is 1. The van der Waals surface area contributed by atoms with Crippen LogP contribution in [0.2, 0.25) is 0 Å². The second-order valence-corrected chi connectivity index (χ2v) is 7.43. The maximum absolute atomic E-state index is 12.6. The lowest BCUT2D eigenvalue weighted by Crippen LogP contribution is -2.47. The van der Waals surface area contributed by atoms with Crippen LogP contribution in [-0.2, 0) is 9.47 Å². The molecule has 0 spiro atoms. The molecule has 168 valence electrons. The number of carbonyl (C=O) groups is 4. The number of likely N-dealkylation sites (tertiary alicyclic amines) is 1. The number of urea groups is 1. The van der Waals surface area contributed by atoms with Gasteiger partial charge in [-0.1, -0.05) is 0 Å². The minimum absolute atomic E-state index is 0.0698. The Kier molecular flexibility index (Phi) is 7.45. The van der Waals surface area contributed by atoms with Gasteiger partial charge in [-0.05, 0) is 44.4 Å². The lowest BCUT2D eigenvalue weighted by molar-refractivity contribution is 0.0638. The predicted octanol–water partition coefficient (Wildman–Crippen LogP) is 2.06. The van der Waals surface area contributed by atoms with Crippen molar-refractivity contribution in [3.8, 4) is 0 Å². The van der Waals surface area contributed by atoms with Crippen LogP contribution < -0.4 is 10.6 Å². The van der Waals surface area contributed by atoms with Gasteiger partial charge in [-0.3, -0.25) is 14.5 Å². The Morgan fingerprint density at radius 3 is 2.52 bits per heavy atom. The van der Waals surface area contributed by atoms with Crippen LogP contribution in [0, 0.1) is 0 Å². The van der Waals surface area contributed by atoms with E-state index >= 15 is 0 Å². The van der Waals surface area contributed by atoms with Crippen molar-refractivity contribution >= 4 is 29.6 Å². The Morgan fingerprint density at radius 2 is 1.84 bits per heavy atom. The second kappa shape index (κ2) is 10.3. The van der Waals surface area contributed by atoms with Gasteiger partial charge in [-0.25, -0.2) is 9.59 Å². The number of anilines is 1. The van der Waals surface area contributed by atoms with Crippen molar-refractivity contribution in [2.75, 3.05) is 45.3 Å². The lowest BCUT2D eigenvalue weighted by atomic mass is 10.1. The summed E-state index contributed by atoms with van der Waals surface area (Å²) in [4.78, 5) is 52.0. The number of nitrogens with one attached hydrogen (secondary N) is 2. The molecule has 31 heavy (non-hydrogen) atoms. The molecule has 2 heterocycles. The number of nitrogens with zero attached hydrogens (tertiary/aromatic N) is 2. The molecule has 1 fully saturated rings. The van der Waals surface area contributed by atoms with Gasteiger partial charge < -0.3 is 25.0 Å². The van der Waals surface area contributed by atoms with E-state index in [9.17, 15) is 19.2 Å². The summed E-state index contributed by atoms with van der Waals surface area (Å²) in [6.07, 6.45) is 1.48. The zero-order valence-corrected chi connectivity index (χ0v) is 17.8. The number of ether oxygens (including phenoxy) is 2. The molecule has 0 aliphatic carbocycles. The minimum Gasteiger partial charge on any atom is -0.450 e. The summed E-state index contributed by atoms with van der Waals surface area (Å²) in [5, 5.41) is 5.60. The van der Waals surface area contributed by atoms with E-state index in [0.29, 0.717) is 56.8 Å². The molecule has 5 amide bonds. The monoisotopic (exact) mass is 432 g/mol. The van der Waals surface area contributed by atoms with Gasteiger partial charge in [0, 0.05) is 45.1 Å². The average molecular weight is 432 g/mol. The number of imide groups is 1. The molecule has 2 aliphatic rings. The molecule has 2 aliphatic heterocycles. The SMILES string of the molecule is CCOC(=O)N1CCC(NC(=O)Nc2ccc3c(c2)C(=O)N(CCCOC)C3=O)CC1. The number of rotatable bonds is 7. The van der Waals surface area contributed by atoms with E-state index in [2.05, 4.69) is 10.6 Å². The zero-order valence-electron chi connectivity index (χ0n) is 17.8. The Labute approximate surface area is 180 Å². The molecule has 0 aromatic heterocycles. The zero-order chi connectivity index (χ0) is 22.4. The van der Waals surface area contributed by atoms with E-state index in [4.69, 9.17) is 9.47 Å². The summed E-state index contributed by atoms with van der Waals surface area (Å²) < 4.78 is 9.96. The highest BCUT2D eigenvalue weighted by molar-refractivity contribution is 6.21. The van der Waals surface area contributed by atoms with Crippen LogP contribution in [0.15, 0.2) is 18.2 Å². The van der Waals surface area contributed by atoms with E-state index < -0.39 is 6.03 Å². The fourth-order valence-corrected chi connectivity index (χ4v) is 3.71. The average Bonchev–Trinajstić information content (AvgIpc) is 2.99. The summed E-state index contributed by atoms with van der Waals surface area (Å²) >= 11 is 0. The van der Waals surface area contributed by atoms with Gasteiger partial charge in [0.2, 0.25) is 0 Å². The van der Waals surface area contributed by atoms with Crippen LogP contribution in [0.25, 0.3) is 0 Å². The number of amides is 5. The number of carbonyl (C=O) groups excluding carboxylic acids is 4. The van der Waals surface area contributed by atoms with Crippen molar-refractivity contribution in [3.63, 3.8) is 0 Å². The van der Waals surface area contributed by atoms with Gasteiger partial charge in [0.05, 0.1) is 17.7 Å². The lowest BCUT2D eigenvalue weighted by Gasteiger charge is -2.31. The summed E-state index contributed by atoms with van der Waals surface area (Å²) in [6.45, 7) is 3.86. The first-order valence-corrected chi connectivity index (χ1v) is 10.4. The van der Waals surface area contributed by atoms with E-state index in [1.807, 2.05) is 0 Å². The molecule has 0 bridgehead atoms. The first kappa shape index (κ1) is 22.5. The molecule has 0 saturated carbocycles. The summed E-state index contributed by atoms with van der Waals surface area (Å²) in [6, 6.07) is 4.21. The second-order valence-electron chi connectivity index (χ2n) is 7.43. The number of fused-ring (bicyclic) bond motifs is 1. The molecule has 0 unspecified atom stereocenters. The number of benzene rings is 1. The highest BCUT2D eigenvalue weighted by Crippen LogP contribution is 2.26. The van der Waals surface area contributed by atoms with Gasteiger partial charge in [0.15, 0.2) is 0 Å². The quantitative estimate of drug-likeness (QED) is 0.503. The third kappa shape index (κ3) is 5.32. The van der Waals surface area contributed by atoms with Crippen molar-refractivity contribution in [1.82, 2.24) is 15.1 Å². The standard InChI is InChI=1S/C21H28N4O6/c1-3-31-21(29)24-10-7-14(8-11-24)22-20(28)23-15-5-6-16-17(13-15)19(27)25(18(16)26)9-4-12-30-2/h5-6,13-14H,3-4,7-12H2,1-2H3,(H2,22,23,28). The smallest absolute Gasteiger partial charge is 0.409 e. The van der Waals surface area contributed by atoms with Gasteiger partial charge in [-0.2, -0.15) is 0 Å². The van der Waals surface area contributed by atoms with Crippen LogP contribution >= 0.6 is 0 Å². The third-order valence-corrected chi connectivity index (χ3v) is 5.31. The minimum atomic E-state index is -0.400. The third-order valence-electron chi connectivity index (χ3n) is 5.31. The number of hydrogen-bond donors (Lipinski definition) is 2. The topological polar surface area (TPSA) is 117 Å². The van der Waals surface area contributed by atoms with Gasteiger partial charge in [0.1, 0.15) is 0 Å². The maximum atomic E-state index is 12.6. The molecule has 10 heteroatoms. The Balaban J connectivity index is 1.53. The van der Waals surface area contributed by atoms with Crippen molar-refractivity contribution in [1.29, 1.82) is 0 Å². The number of hydrogen-bond acceptors (Lipinski definition) is 6. The van der Waals surface area contributed by atoms with Gasteiger partial charge in [-0.15, -0.1) is 0 Å². The molecule has 2 N–H and O–H groups in total. The molecule has 10 nitrogen and oxygen atoms in total. The van der Waals surface area contributed by atoms with Gasteiger partial charge in [0.25, 0.3) is 11.8 Å². The van der Waals surface area contributed by atoms with E-state index in [0.717, 1.165) is 0 Å². The van der Waals surface area contributed by atoms with Crippen LogP contribution in [0.3, 0.4) is 0 Å². The van der Waals surface area contributed by atoms with Crippen molar-refractivity contribution in [3.05, 3.63) is 29.3 Å². The Bertz CT molecular complexity index is 850. The molecule has 1 aromatic rings. The highest BCUT2D eigenvalue weighted by atomic mass is 16.6. The first-order valence-electron chi connectivity index (χ1n) is 10.4. The van der Waals surface area contributed by atoms with E-state index in [1.54, 1.807) is 31.1 Å². The predicted molar refractivity (Wildman–Crippen MR) is 112 cm³/mol. The molecule has 3 rings (SSSR count). The summed E-state index contributed by atoms with van der Waals surface area (Å²) in [5.74, 6) is -0.702. The van der Waals surface area contributed by atoms with Crippen molar-refractivity contribution in [2.24, 2.45) is 0 Å². The van der Waals surface area contributed by atoms with Crippen molar-refractivity contribution in [2.45, 2.75) is 32.2 Å². The molecule has 0 atom stereocenters. The fraction of sp³-hybridized carbons (Fsp3) is 0.524. The Morgan fingerprint density at radius 1 is 1.13 bits per heavy atom. The molecular weight excluding hydrogens is 404 g/mol. The summed E-state index contributed by atoms with van der Waals surface area (Å²) in [7, 11) is 1.56. The highest BCUT2D eigenvalue weighted by Gasteiger charge is 2.35. The van der Waals surface area contributed by atoms with Crippen LogP contribution in [0.5, 0.6) is 0 Å². The molecule has 0 radical (unpaired) electrons. The van der Waals surface area contributed by atoms with E-state index in [-0.39, 0.29) is 36.1 Å². The maximum Gasteiger partial charge on any atom is 0.409 e. The van der Waals surface area contributed by atoms with Crippen LogP contribution in [0.1, 0.15) is 46.9 Å². The normalized spacial score (nSPS) is 16.3. The molecule has 1 saturated heterocycles. The fourth-order valence-electron chi connectivity index (χ4n) is 3.71. The first-order chi connectivity index (χ1) is 14.9. The Hall–Kier alpha value is -3.14. The van der Waals surface area contributed by atoms with Crippen LogP contribution in [0.4, 0.5) is 15.3 Å². The largest absolute Gasteiger partial charge is 0.450 e. The molecule has 1 aromatic carbocycles.